The van der Waals surface area contributed by atoms with Gasteiger partial charge >= 0.3 is 0 Å². The van der Waals surface area contributed by atoms with E-state index in [-0.39, 0.29) is 16.2 Å². The molecule has 0 heterocycles. The van der Waals surface area contributed by atoms with Crippen LogP contribution in [0.15, 0.2) is 71.6 Å². The first-order chi connectivity index (χ1) is 15.4. The molecule has 3 aromatic carbocycles. The predicted octanol–water partition coefficient (Wildman–Crippen LogP) is 5.97. The van der Waals surface area contributed by atoms with E-state index in [1.165, 1.54) is 17.7 Å². The van der Waals surface area contributed by atoms with Gasteiger partial charge in [-0.3, -0.25) is 9.52 Å². The van der Waals surface area contributed by atoms with Gasteiger partial charge in [0.1, 0.15) is 0 Å². The fraction of sp³-hybridized carbons (Fsp3) is 0.296. The summed E-state index contributed by atoms with van der Waals surface area (Å²) < 4.78 is 28.0. The van der Waals surface area contributed by atoms with Gasteiger partial charge in [0.15, 0.2) is 0 Å². The molecule has 5 nitrogen and oxygen atoms in total. The summed E-state index contributed by atoms with van der Waals surface area (Å²) in [5, 5.41) is 2.84. The van der Waals surface area contributed by atoms with Crippen molar-refractivity contribution in [1.82, 2.24) is 0 Å². The molecule has 0 unspecified atom stereocenters. The SMILES string of the molecule is Cc1ccc(NS(=O)(=O)c2ccc(NC(=O)CCc3ccc(C(C)(C)C)cc3)cc2)cc1C. The van der Waals surface area contributed by atoms with Gasteiger partial charge in [0.25, 0.3) is 10.0 Å². The summed E-state index contributed by atoms with van der Waals surface area (Å²) in [6, 6.07) is 20.0. The van der Waals surface area contributed by atoms with Crippen molar-refractivity contribution in [1.29, 1.82) is 0 Å². The van der Waals surface area contributed by atoms with Crippen LogP contribution >= 0.6 is 0 Å². The van der Waals surface area contributed by atoms with E-state index in [0.29, 0.717) is 24.2 Å². The molecule has 0 aliphatic carbocycles. The Kier molecular flexibility index (Phi) is 7.28. The monoisotopic (exact) mass is 464 g/mol. The molecule has 0 spiro atoms. The van der Waals surface area contributed by atoms with Crippen LogP contribution in [0, 0.1) is 13.8 Å². The molecule has 0 aromatic heterocycles. The highest BCUT2D eigenvalue weighted by atomic mass is 32.2. The maximum atomic E-state index is 12.7. The lowest BCUT2D eigenvalue weighted by molar-refractivity contribution is -0.116. The van der Waals surface area contributed by atoms with Gasteiger partial charge in [-0.15, -0.1) is 0 Å². The summed E-state index contributed by atoms with van der Waals surface area (Å²) >= 11 is 0. The van der Waals surface area contributed by atoms with Crippen molar-refractivity contribution in [3.05, 3.63) is 89.0 Å². The van der Waals surface area contributed by atoms with Crippen molar-refractivity contribution < 1.29 is 13.2 Å². The number of rotatable bonds is 7. The van der Waals surface area contributed by atoms with Crippen LogP contribution in [-0.4, -0.2) is 14.3 Å². The zero-order valence-electron chi connectivity index (χ0n) is 19.9. The highest BCUT2D eigenvalue weighted by molar-refractivity contribution is 7.92. The molecule has 2 N–H and O–H groups in total. The lowest BCUT2D eigenvalue weighted by Gasteiger charge is -2.19. The van der Waals surface area contributed by atoms with Crippen LogP contribution in [0.5, 0.6) is 0 Å². The minimum absolute atomic E-state index is 0.101. The third-order valence-corrected chi connectivity index (χ3v) is 7.07. The minimum atomic E-state index is -3.71. The first-order valence-corrected chi connectivity index (χ1v) is 12.5. The van der Waals surface area contributed by atoms with Gasteiger partial charge in [0.05, 0.1) is 4.90 Å². The van der Waals surface area contributed by atoms with E-state index >= 15 is 0 Å². The highest BCUT2D eigenvalue weighted by Crippen LogP contribution is 2.23. The topological polar surface area (TPSA) is 75.3 Å². The number of carbonyl (C=O) groups excluding carboxylic acids is 1. The average molecular weight is 465 g/mol. The van der Waals surface area contributed by atoms with E-state index in [2.05, 4.69) is 55.1 Å². The lowest BCUT2D eigenvalue weighted by atomic mass is 9.86. The van der Waals surface area contributed by atoms with Crippen LogP contribution in [0.2, 0.25) is 0 Å². The predicted molar refractivity (Wildman–Crippen MR) is 135 cm³/mol. The van der Waals surface area contributed by atoms with Gasteiger partial charge in [-0.25, -0.2) is 8.42 Å². The largest absolute Gasteiger partial charge is 0.326 e. The zero-order valence-corrected chi connectivity index (χ0v) is 20.7. The molecule has 1 amide bonds. The standard InChI is InChI=1S/C27H32N2O3S/c1-19-6-12-24(18-20(19)2)29-33(31,32)25-15-13-23(14-16-25)28-26(30)17-9-21-7-10-22(11-8-21)27(3,4)5/h6-8,10-16,18,29H,9,17H2,1-5H3,(H,28,30). The smallest absolute Gasteiger partial charge is 0.261 e. The molecule has 174 valence electrons. The fourth-order valence-electron chi connectivity index (χ4n) is 3.39. The summed E-state index contributed by atoms with van der Waals surface area (Å²) in [5.41, 5.74) is 5.66. The van der Waals surface area contributed by atoms with Crippen LogP contribution in [-0.2, 0) is 26.7 Å². The average Bonchev–Trinajstić information content (AvgIpc) is 2.75. The minimum Gasteiger partial charge on any atom is -0.326 e. The van der Waals surface area contributed by atoms with E-state index in [1.807, 2.05) is 19.9 Å². The number of hydrogen-bond donors (Lipinski definition) is 2. The molecule has 0 bridgehead atoms. The van der Waals surface area contributed by atoms with E-state index in [4.69, 9.17) is 0 Å². The Morgan fingerprint density at radius 3 is 2.00 bits per heavy atom. The second-order valence-electron chi connectivity index (χ2n) is 9.42. The van der Waals surface area contributed by atoms with Gasteiger partial charge in [0, 0.05) is 17.8 Å². The molecule has 0 aliphatic rings. The Hall–Kier alpha value is -3.12. The van der Waals surface area contributed by atoms with Crippen molar-refractivity contribution in [2.75, 3.05) is 10.0 Å². The number of nitrogens with one attached hydrogen (secondary N) is 2. The normalized spacial score (nSPS) is 11.8. The number of benzene rings is 3. The molecule has 6 heteroatoms. The Morgan fingerprint density at radius 2 is 1.42 bits per heavy atom. The zero-order chi connectivity index (χ0) is 24.2. The maximum absolute atomic E-state index is 12.7. The third-order valence-electron chi connectivity index (χ3n) is 5.67. The second-order valence-corrected chi connectivity index (χ2v) is 11.1. The van der Waals surface area contributed by atoms with Crippen molar-refractivity contribution in [2.24, 2.45) is 0 Å². The van der Waals surface area contributed by atoms with Crippen LogP contribution < -0.4 is 10.0 Å². The lowest BCUT2D eigenvalue weighted by Crippen LogP contribution is -2.14. The summed E-state index contributed by atoms with van der Waals surface area (Å²) in [4.78, 5) is 12.5. The molecule has 3 rings (SSSR count). The van der Waals surface area contributed by atoms with Gasteiger partial charge in [0.2, 0.25) is 5.91 Å². The Balaban J connectivity index is 1.57. The van der Waals surface area contributed by atoms with Crippen molar-refractivity contribution in [3.8, 4) is 0 Å². The number of anilines is 2. The Morgan fingerprint density at radius 1 is 0.818 bits per heavy atom. The third kappa shape index (κ3) is 6.68. The van der Waals surface area contributed by atoms with E-state index in [1.54, 1.807) is 24.3 Å². The second kappa shape index (κ2) is 9.79. The van der Waals surface area contributed by atoms with Gasteiger partial charge < -0.3 is 5.32 Å². The summed E-state index contributed by atoms with van der Waals surface area (Å²) in [7, 11) is -3.71. The van der Waals surface area contributed by atoms with Crippen molar-refractivity contribution >= 4 is 27.3 Å². The number of sulfonamides is 1. The van der Waals surface area contributed by atoms with Crippen LogP contribution in [0.1, 0.15) is 49.4 Å². The maximum Gasteiger partial charge on any atom is 0.261 e. The number of carbonyl (C=O) groups is 1. The van der Waals surface area contributed by atoms with Gasteiger partial charge in [-0.05, 0) is 84.3 Å². The quantitative estimate of drug-likeness (QED) is 0.452. The number of amides is 1. The molecule has 0 radical (unpaired) electrons. The first kappa shape index (κ1) is 24.5. The highest BCUT2D eigenvalue weighted by Gasteiger charge is 2.15. The van der Waals surface area contributed by atoms with Gasteiger partial charge in [-0.1, -0.05) is 51.1 Å². The molecule has 3 aromatic rings. The first-order valence-electron chi connectivity index (χ1n) is 11.0. The molecule has 0 aliphatic heterocycles. The molecule has 0 saturated heterocycles. The summed E-state index contributed by atoms with van der Waals surface area (Å²) in [5.74, 6) is -0.112. The molecule has 0 fully saturated rings. The Bertz CT molecular complexity index is 1220. The van der Waals surface area contributed by atoms with E-state index < -0.39 is 10.0 Å². The fourth-order valence-corrected chi connectivity index (χ4v) is 4.44. The van der Waals surface area contributed by atoms with E-state index in [0.717, 1.165) is 16.7 Å². The van der Waals surface area contributed by atoms with Crippen molar-refractivity contribution in [3.63, 3.8) is 0 Å². The molecule has 33 heavy (non-hydrogen) atoms. The van der Waals surface area contributed by atoms with Crippen LogP contribution in [0.3, 0.4) is 0 Å². The number of aryl methyl sites for hydroxylation is 3. The molecule has 0 atom stereocenters. The van der Waals surface area contributed by atoms with Crippen LogP contribution in [0.25, 0.3) is 0 Å². The molecular formula is C27H32N2O3S. The van der Waals surface area contributed by atoms with E-state index in [9.17, 15) is 13.2 Å². The summed E-state index contributed by atoms with van der Waals surface area (Å²) in [6.45, 7) is 10.4. The summed E-state index contributed by atoms with van der Waals surface area (Å²) in [6.07, 6.45) is 0.992. The van der Waals surface area contributed by atoms with Gasteiger partial charge in [-0.2, -0.15) is 0 Å². The Labute approximate surface area is 197 Å². The molecule has 0 saturated carbocycles. The number of hydrogen-bond acceptors (Lipinski definition) is 3. The van der Waals surface area contributed by atoms with Crippen molar-refractivity contribution in [2.45, 2.75) is 57.8 Å². The molecular weight excluding hydrogens is 432 g/mol. The van der Waals surface area contributed by atoms with Crippen LogP contribution in [0.4, 0.5) is 11.4 Å².